The van der Waals surface area contributed by atoms with Crippen LogP contribution in [0.3, 0.4) is 0 Å². The van der Waals surface area contributed by atoms with Gasteiger partial charge in [-0.25, -0.2) is 13.1 Å². The molecule has 0 aromatic heterocycles. The molecule has 0 spiro atoms. The predicted molar refractivity (Wildman–Crippen MR) is 97.7 cm³/mol. The van der Waals surface area contributed by atoms with Crippen LogP contribution in [0.1, 0.15) is 17.5 Å². The fourth-order valence-electron chi connectivity index (χ4n) is 2.32. The normalized spacial score (nSPS) is 11.5. The first-order valence-electron chi connectivity index (χ1n) is 7.42. The van der Waals surface area contributed by atoms with Gasteiger partial charge in [0.25, 0.3) is 0 Å². The van der Waals surface area contributed by atoms with E-state index in [4.69, 9.17) is 27.9 Å². The van der Waals surface area contributed by atoms with Gasteiger partial charge in [-0.1, -0.05) is 53.0 Å². The molecule has 0 fully saturated rings. The average Bonchev–Trinajstić information content (AvgIpc) is 2.54. The van der Waals surface area contributed by atoms with E-state index in [1.165, 1.54) is 30.4 Å². The zero-order valence-corrected chi connectivity index (χ0v) is 15.8. The van der Waals surface area contributed by atoms with Crippen molar-refractivity contribution in [2.75, 3.05) is 13.7 Å². The summed E-state index contributed by atoms with van der Waals surface area (Å²) in [6, 6.07) is 11.0. The van der Waals surface area contributed by atoms with Crippen molar-refractivity contribution < 1.29 is 13.2 Å². The molecule has 0 unspecified atom stereocenters. The van der Waals surface area contributed by atoms with Gasteiger partial charge in [-0.2, -0.15) is 0 Å². The highest BCUT2D eigenvalue weighted by Crippen LogP contribution is 2.36. The Hall–Kier alpha value is -1.27. The molecule has 0 aliphatic carbocycles. The van der Waals surface area contributed by atoms with Crippen molar-refractivity contribution in [1.29, 1.82) is 0 Å². The summed E-state index contributed by atoms with van der Waals surface area (Å²) < 4.78 is 32.3. The SMILES string of the molecule is COc1ccc(S(=O)(=O)NCCCc2cccc(C)c2)c(Cl)c1Cl. The lowest BCUT2D eigenvalue weighted by Gasteiger charge is -2.11. The monoisotopic (exact) mass is 387 g/mol. The van der Waals surface area contributed by atoms with Gasteiger partial charge in [0, 0.05) is 6.54 Å². The minimum Gasteiger partial charge on any atom is -0.495 e. The van der Waals surface area contributed by atoms with Gasteiger partial charge in [0.15, 0.2) is 0 Å². The van der Waals surface area contributed by atoms with Gasteiger partial charge in [-0.05, 0) is 37.5 Å². The van der Waals surface area contributed by atoms with E-state index in [0.717, 1.165) is 6.42 Å². The van der Waals surface area contributed by atoms with Crippen molar-refractivity contribution in [1.82, 2.24) is 4.72 Å². The van der Waals surface area contributed by atoms with Crippen LogP contribution in [0.2, 0.25) is 10.0 Å². The molecule has 0 aliphatic rings. The Morgan fingerprint density at radius 1 is 1.12 bits per heavy atom. The molecule has 0 saturated heterocycles. The fourth-order valence-corrected chi connectivity index (χ4v) is 4.24. The summed E-state index contributed by atoms with van der Waals surface area (Å²) in [5.41, 5.74) is 2.37. The van der Waals surface area contributed by atoms with Crippen LogP contribution >= 0.6 is 23.2 Å². The Bertz CT molecular complexity index is 823. The van der Waals surface area contributed by atoms with Gasteiger partial charge in [-0.3, -0.25) is 0 Å². The highest BCUT2D eigenvalue weighted by Gasteiger charge is 2.21. The molecule has 2 aromatic carbocycles. The largest absolute Gasteiger partial charge is 0.495 e. The molecule has 7 heteroatoms. The van der Waals surface area contributed by atoms with Crippen molar-refractivity contribution in [3.63, 3.8) is 0 Å². The Morgan fingerprint density at radius 3 is 2.54 bits per heavy atom. The number of sulfonamides is 1. The third-order valence-corrected chi connectivity index (χ3v) is 6.02. The van der Waals surface area contributed by atoms with Gasteiger partial charge in [-0.15, -0.1) is 0 Å². The highest BCUT2D eigenvalue weighted by atomic mass is 35.5. The number of hydrogen-bond acceptors (Lipinski definition) is 3. The van der Waals surface area contributed by atoms with Crippen LogP contribution < -0.4 is 9.46 Å². The number of methoxy groups -OCH3 is 1. The highest BCUT2D eigenvalue weighted by molar-refractivity contribution is 7.89. The number of halogens is 2. The van der Waals surface area contributed by atoms with Gasteiger partial charge >= 0.3 is 0 Å². The zero-order chi connectivity index (χ0) is 17.7. The summed E-state index contributed by atoms with van der Waals surface area (Å²) in [6.07, 6.45) is 1.48. The van der Waals surface area contributed by atoms with E-state index >= 15 is 0 Å². The third kappa shape index (κ3) is 4.63. The summed E-state index contributed by atoms with van der Waals surface area (Å²) >= 11 is 12.1. The van der Waals surface area contributed by atoms with E-state index in [9.17, 15) is 8.42 Å². The number of nitrogens with one attached hydrogen (secondary N) is 1. The predicted octanol–water partition coefficient (Wildman–Crippen LogP) is 4.22. The number of rotatable bonds is 7. The van der Waals surface area contributed by atoms with E-state index in [0.29, 0.717) is 18.7 Å². The molecule has 4 nitrogen and oxygen atoms in total. The summed E-state index contributed by atoms with van der Waals surface area (Å²) in [5.74, 6) is 0.333. The standard InChI is InChI=1S/C17H19Cl2NO3S/c1-12-5-3-6-13(11-12)7-4-10-20-24(21,22)15-9-8-14(23-2)16(18)17(15)19/h3,5-6,8-9,11,20H,4,7,10H2,1-2H3. The zero-order valence-electron chi connectivity index (χ0n) is 13.5. The number of hydrogen-bond donors (Lipinski definition) is 1. The quantitative estimate of drug-likeness (QED) is 0.723. The first-order valence-corrected chi connectivity index (χ1v) is 9.66. The lowest BCUT2D eigenvalue weighted by Crippen LogP contribution is -2.25. The van der Waals surface area contributed by atoms with Crippen LogP contribution in [0.15, 0.2) is 41.3 Å². The van der Waals surface area contributed by atoms with Crippen molar-refractivity contribution in [2.45, 2.75) is 24.7 Å². The van der Waals surface area contributed by atoms with Gasteiger partial charge < -0.3 is 4.74 Å². The Balaban J connectivity index is 2.00. The Morgan fingerprint density at radius 2 is 1.88 bits per heavy atom. The van der Waals surface area contributed by atoms with Gasteiger partial charge in [0.05, 0.1) is 12.1 Å². The molecule has 0 saturated carbocycles. The van der Waals surface area contributed by atoms with Gasteiger partial charge in [0.2, 0.25) is 10.0 Å². The summed E-state index contributed by atoms with van der Waals surface area (Å²) in [4.78, 5) is -0.0504. The average molecular weight is 388 g/mol. The summed E-state index contributed by atoms with van der Waals surface area (Å²) in [6.45, 7) is 2.35. The van der Waals surface area contributed by atoms with Crippen LogP contribution in [0.5, 0.6) is 5.75 Å². The van der Waals surface area contributed by atoms with Crippen LogP contribution in [0.25, 0.3) is 0 Å². The van der Waals surface area contributed by atoms with Crippen molar-refractivity contribution >= 4 is 33.2 Å². The van der Waals surface area contributed by atoms with E-state index in [1.54, 1.807) is 0 Å². The topological polar surface area (TPSA) is 55.4 Å². The number of ether oxygens (including phenoxy) is 1. The molecule has 2 rings (SSSR count). The molecule has 0 atom stereocenters. The maximum atomic E-state index is 12.4. The minimum absolute atomic E-state index is 0.0396. The molecule has 0 aliphatic heterocycles. The fraction of sp³-hybridized carbons (Fsp3) is 0.294. The lowest BCUT2D eigenvalue weighted by molar-refractivity contribution is 0.414. The van der Waals surface area contributed by atoms with E-state index < -0.39 is 10.0 Å². The lowest BCUT2D eigenvalue weighted by atomic mass is 10.1. The summed E-state index contributed by atoms with van der Waals surface area (Å²) in [7, 11) is -2.28. The van der Waals surface area contributed by atoms with Crippen molar-refractivity contribution in [2.24, 2.45) is 0 Å². The van der Waals surface area contributed by atoms with E-state index in [2.05, 4.69) is 10.8 Å². The second-order valence-electron chi connectivity index (χ2n) is 5.38. The molecule has 1 N–H and O–H groups in total. The number of aryl methyl sites for hydroxylation is 2. The van der Waals surface area contributed by atoms with E-state index in [1.807, 2.05) is 25.1 Å². The van der Waals surface area contributed by atoms with Crippen LogP contribution in [-0.2, 0) is 16.4 Å². The molecule has 0 radical (unpaired) electrons. The Labute approximate surface area is 152 Å². The Kier molecular flexibility index (Phi) is 6.52. The maximum absolute atomic E-state index is 12.4. The molecule has 2 aromatic rings. The first-order chi connectivity index (χ1) is 11.3. The second kappa shape index (κ2) is 8.21. The molecular weight excluding hydrogens is 369 g/mol. The van der Waals surface area contributed by atoms with Crippen molar-refractivity contribution in [3.05, 3.63) is 57.6 Å². The maximum Gasteiger partial charge on any atom is 0.242 e. The van der Waals surface area contributed by atoms with Crippen LogP contribution in [0.4, 0.5) is 0 Å². The molecule has 24 heavy (non-hydrogen) atoms. The molecule has 0 amide bonds. The second-order valence-corrected chi connectivity index (χ2v) is 7.88. The van der Waals surface area contributed by atoms with Crippen LogP contribution in [0, 0.1) is 6.92 Å². The molecule has 130 valence electrons. The minimum atomic E-state index is -3.72. The molecular formula is C17H19Cl2NO3S. The van der Waals surface area contributed by atoms with Crippen LogP contribution in [-0.4, -0.2) is 22.1 Å². The smallest absolute Gasteiger partial charge is 0.242 e. The summed E-state index contributed by atoms with van der Waals surface area (Å²) in [5, 5.41) is 0.0454. The third-order valence-electron chi connectivity index (χ3n) is 3.54. The molecule has 0 heterocycles. The van der Waals surface area contributed by atoms with E-state index in [-0.39, 0.29) is 14.9 Å². The van der Waals surface area contributed by atoms with Crippen molar-refractivity contribution in [3.8, 4) is 5.75 Å². The number of benzene rings is 2. The van der Waals surface area contributed by atoms with Gasteiger partial charge in [0.1, 0.15) is 15.7 Å². The molecule has 0 bridgehead atoms. The first kappa shape index (κ1) is 19.1.